The van der Waals surface area contributed by atoms with Crippen molar-refractivity contribution in [1.82, 2.24) is 5.32 Å². The normalized spacial score (nSPS) is 28.4. The molecule has 1 atom stereocenters. The number of nitrogens with two attached hydrogens (primary N) is 1. The molecular weight excluding hydrogens is 182 g/mol. The molecule has 5 heteroatoms. The van der Waals surface area contributed by atoms with Crippen LogP contribution in [0.1, 0.15) is 20.3 Å². The molecule has 0 aromatic rings. The summed E-state index contributed by atoms with van der Waals surface area (Å²) in [5.41, 5.74) is 4.78. The molecule has 82 valence electrons. The Morgan fingerprint density at radius 1 is 1.71 bits per heavy atom. The second kappa shape index (κ2) is 4.61. The fraction of sp³-hybridized carbons (Fsp3) is 0.889. The van der Waals surface area contributed by atoms with Gasteiger partial charge in [0.25, 0.3) is 0 Å². The van der Waals surface area contributed by atoms with Crippen LogP contribution >= 0.6 is 0 Å². The minimum absolute atomic E-state index is 0.258. The number of ether oxygens (including phenoxy) is 1. The van der Waals surface area contributed by atoms with Gasteiger partial charge in [0.2, 0.25) is 0 Å². The van der Waals surface area contributed by atoms with Crippen molar-refractivity contribution in [3.63, 3.8) is 0 Å². The molecule has 0 bridgehead atoms. The zero-order valence-electron chi connectivity index (χ0n) is 8.79. The maximum atomic E-state index is 9.86. The van der Waals surface area contributed by atoms with Gasteiger partial charge in [0.1, 0.15) is 5.60 Å². The van der Waals surface area contributed by atoms with Gasteiger partial charge in [0.05, 0.1) is 13.2 Å². The summed E-state index contributed by atoms with van der Waals surface area (Å²) >= 11 is 0. The van der Waals surface area contributed by atoms with Crippen LogP contribution in [0.15, 0.2) is 4.99 Å². The molecule has 0 aromatic heterocycles. The lowest BCUT2D eigenvalue weighted by Gasteiger charge is -2.18. The zero-order chi connectivity index (χ0) is 10.6. The van der Waals surface area contributed by atoms with Crippen LogP contribution in [0.5, 0.6) is 0 Å². The molecule has 14 heavy (non-hydrogen) atoms. The van der Waals surface area contributed by atoms with Crippen LogP contribution in [0.3, 0.4) is 0 Å². The van der Waals surface area contributed by atoms with Gasteiger partial charge in [-0.1, -0.05) is 0 Å². The first kappa shape index (κ1) is 11.3. The fourth-order valence-electron chi connectivity index (χ4n) is 1.29. The smallest absolute Gasteiger partial charge is 0.188 e. The Kier molecular flexibility index (Phi) is 3.71. The van der Waals surface area contributed by atoms with Crippen LogP contribution in [-0.2, 0) is 4.74 Å². The lowest BCUT2D eigenvalue weighted by molar-refractivity contribution is 0.0349. The van der Waals surface area contributed by atoms with Crippen LogP contribution < -0.4 is 11.1 Å². The second-order valence-electron chi connectivity index (χ2n) is 4.03. The van der Waals surface area contributed by atoms with Crippen molar-refractivity contribution in [2.24, 2.45) is 10.7 Å². The Bertz CT molecular complexity index is 210. The maximum Gasteiger partial charge on any atom is 0.188 e. The number of hydrogen-bond donors (Lipinski definition) is 3. The Morgan fingerprint density at radius 3 is 2.93 bits per heavy atom. The number of aliphatic imine (C=N–C) groups is 1. The highest BCUT2D eigenvalue weighted by atomic mass is 16.5. The van der Waals surface area contributed by atoms with Crippen LogP contribution in [0.2, 0.25) is 0 Å². The van der Waals surface area contributed by atoms with Crippen molar-refractivity contribution < 1.29 is 9.84 Å². The van der Waals surface area contributed by atoms with Crippen molar-refractivity contribution in [2.75, 3.05) is 19.8 Å². The molecule has 1 rings (SSSR count). The van der Waals surface area contributed by atoms with Crippen LogP contribution in [0.25, 0.3) is 0 Å². The van der Waals surface area contributed by atoms with Crippen molar-refractivity contribution in [3.05, 3.63) is 0 Å². The van der Waals surface area contributed by atoms with Crippen molar-refractivity contribution in [2.45, 2.75) is 31.9 Å². The molecular formula is C9H19N3O2. The monoisotopic (exact) mass is 201 g/mol. The minimum atomic E-state index is -0.816. The van der Waals surface area contributed by atoms with E-state index in [0.717, 1.165) is 0 Å². The summed E-state index contributed by atoms with van der Waals surface area (Å²) in [4.78, 5) is 4.07. The molecule has 1 unspecified atom stereocenters. The summed E-state index contributed by atoms with van der Waals surface area (Å²) in [5, 5.41) is 12.8. The first-order valence-corrected chi connectivity index (χ1v) is 4.88. The molecule has 5 nitrogen and oxygen atoms in total. The average Bonchev–Trinajstić information content (AvgIpc) is 2.49. The SMILES string of the molecule is CC(C)NC(N)=NCC1(O)CCOC1. The Hall–Kier alpha value is -0.810. The Morgan fingerprint density at radius 2 is 2.43 bits per heavy atom. The molecule has 0 aromatic carbocycles. The summed E-state index contributed by atoms with van der Waals surface area (Å²) in [6, 6.07) is 0.258. The third-order valence-corrected chi connectivity index (χ3v) is 2.06. The number of guanidine groups is 1. The van der Waals surface area contributed by atoms with Gasteiger partial charge in [0.15, 0.2) is 5.96 Å². The van der Waals surface area contributed by atoms with Crippen LogP contribution in [0.4, 0.5) is 0 Å². The molecule has 0 saturated carbocycles. The van der Waals surface area contributed by atoms with Gasteiger partial charge >= 0.3 is 0 Å². The zero-order valence-corrected chi connectivity index (χ0v) is 8.79. The van der Waals surface area contributed by atoms with Crippen molar-refractivity contribution >= 4 is 5.96 Å². The number of nitrogens with zero attached hydrogens (tertiary/aromatic N) is 1. The average molecular weight is 201 g/mol. The number of hydrogen-bond acceptors (Lipinski definition) is 3. The molecule has 1 heterocycles. The van der Waals surface area contributed by atoms with Crippen LogP contribution in [-0.4, -0.2) is 42.5 Å². The first-order chi connectivity index (χ1) is 6.52. The number of rotatable bonds is 3. The second-order valence-corrected chi connectivity index (χ2v) is 4.03. The van der Waals surface area contributed by atoms with E-state index in [9.17, 15) is 5.11 Å². The molecule has 1 aliphatic heterocycles. The topological polar surface area (TPSA) is 79.9 Å². The van der Waals surface area contributed by atoms with E-state index >= 15 is 0 Å². The summed E-state index contributed by atoms with van der Waals surface area (Å²) < 4.78 is 5.09. The molecule has 0 radical (unpaired) electrons. The highest BCUT2D eigenvalue weighted by molar-refractivity contribution is 5.78. The van der Waals surface area contributed by atoms with E-state index in [0.29, 0.717) is 32.1 Å². The van der Waals surface area contributed by atoms with Crippen LogP contribution in [0, 0.1) is 0 Å². The lowest BCUT2D eigenvalue weighted by atomic mass is 10.0. The Balaban J connectivity index is 2.37. The minimum Gasteiger partial charge on any atom is -0.385 e. The number of nitrogens with one attached hydrogen (secondary N) is 1. The van der Waals surface area contributed by atoms with Gasteiger partial charge in [-0.15, -0.1) is 0 Å². The molecule has 0 amide bonds. The summed E-state index contributed by atoms with van der Waals surface area (Å²) in [6.07, 6.45) is 0.630. The third-order valence-electron chi connectivity index (χ3n) is 2.06. The Labute approximate surface area is 84.3 Å². The highest BCUT2D eigenvalue weighted by Gasteiger charge is 2.31. The summed E-state index contributed by atoms with van der Waals surface area (Å²) in [6.45, 7) is 5.22. The quantitative estimate of drug-likeness (QED) is 0.423. The van der Waals surface area contributed by atoms with E-state index < -0.39 is 5.60 Å². The van der Waals surface area contributed by atoms with Gasteiger partial charge < -0.3 is 20.9 Å². The first-order valence-electron chi connectivity index (χ1n) is 4.88. The largest absolute Gasteiger partial charge is 0.385 e. The van der Waals surface area contributed by atoms with E-state index in [2.05, 4.69) is 10.3 Å². The molecule has 1 saturated heterocycles. The molecule has 0 aliphatic carbocycles. The van der Waals surface area contributed by atoms with Gasteiger partial charge in [-0.25, -0.2) is 0 Å². The van der Waals surface area contributed by atoms with Gasteiger partial charge in [-0.2, -0.15) is 0 Å². The van der Waals surface area contributed by atoms with Gasteiger partial charge in [-0.3, -0.25) is 4.99 Å². The van der Waals surface area contributed by atoms with Crippen molar-refractivity contribution in [1.29, 1.82) is 0 Å². The molecule has 1 aliphatic rings. The maximum absolute atomic E-state index is 9.86. The fourth-order valence-corrected chi connectivity index (χ4v) is 1.29. The molecule has 0 spiro atoms. The van der Waals surface area contributed by atoms with E-state index in [1.165, 1.54) is 0 Å². The van der Waals surface area contributed by atoms with E-state index in [-0.39, 0.29) is 6.04 Å². The molecule has 4 N–H and O–H groups in total. The third kappa shape index (κ3) is 3.51. The number of aliphatic hydroxyl groups is 1. The lowest BCUT2D eigenvalue weighted by Crippen LogP contribution is -2.39. The summed E-state index contributed by atoms with van der Waals surface area (Å²) in [7, 11) is 0. The van der Waals surface area contributed by atoms with Crippen molar-refractivity contribution in [3.8, 4) is 0 Å². The predicted molar refractivity (Wildman–Crippen MR) is 55.1 cm³/mol. The van der Waals surface area contributed by atoms with E-state index in [1.54, 1.807) is 0 Å². The standard InChI is InChI=1S/C9H19N3O2/c1-7(2)12-8(10)11-5-9(13)3-4-14-6-9/h7,13H,3-6H2,1-2H3,(H3,10,11,12). The molecule has 1 fully saturated rings. The van der Waals surface area contributed by atoms with E-state index in [1.807, 2.05) is 13.8 Å². The summed E-state index contributed by atoms with van der Waals surface area (Å²) in [5.74, 6) is 0.375. The van der Waals surface area contributed by atoms with Gasteiger partial charge in [-0.05, 0) is 13.8 Å². The van der Waals surface area contributed by atoms with E-state index in [4.69, 9.17) is 10.5 Å². The highest BCUT2D eigenvalue weighted by Crippen LogP contribution is 2.18. The van der Waals surface area contributed by atoms with Gasteiger partial charge in [0, 0.05) is 19.1 Å². The predicted octanol–water partition coefficient (Wildman–Crippen LogP) is -0.549.